The molecule has 0 saturated carbocycles. The average molecular weight is 230 g/mol. The number of halogens is 2. The molecule has 0 aromatic heterocycles. The zero-order valence-electron chi connectivity index (χ0n) is 8.96. The number of benzene rings is 1. The van der Waals surface area contributed by atoms with Gasteiger partial charge in [-0.2, -0.15) is 0 Å². The topological polar surface area (TPSA) is 46.5 Å². The molecule has 1 aromatic rings. The van der Waals surface area contributed by atoms with Gasteiger partial charge in [-0.1, -0.05) is 6.92 Å². The summed E-state index contributed by atoms with van der Waals surface area (Å²) in [6, 6.07) is 1.65. The van der Waals surface area contributed by atoms with Gasteiger partial charge in [0.1, 0.15) is 5.82 Å². The Bertz CT molecular complexity index is 404. The lowest BCUT2D eigenvalue weighted by Crippen LogP contribution is -2.12. The van der Waals surface area contributed by atoms with Crippen LogP contribution in [-0.2, 0) is 4.79 Å². The van der Waals surface area contributed by atoms with Crippen LogP contribution in [0.5, 0.6) is 5.75 Å². The van der Waals surface area contributed by atoms with Gasteiger partial charge in [-0.25, -0.2) is 8.78 Å². The third kappa shape index (κ3) is 2.29. The van der Waals surface area contributed by atoms with Crippen LogP contribution < -0.4 is 4.74 Å². The molecule has 3 nitrogen and oxygen atoms in total. The Hall–Kier alpha value is -1.65. The molecule has 5 heteroatoms. The van der Waals surface area contributed by atoms with Crippen LogP contribution in [0.15, 0.2) is 12.1 Å². The van der Waals surface area contributed by atoms with Crippen LogP contribution in [0.4, 0.5) is 8.78 Å². The van der Waals surface area contributed by atoms with Gasteiger partial charge in [-0.05, 0) is 12.5 Å². The molecule has 1 unspecified atom stereocenters. The lowest BCUT2D eigenvalue weighted by molar-refractivity contribution is -0.138. The van der Waals surface area contributed by atoms with E-state index in [2.05, 4.69) is 0 Å². The zero-order chi connectivity index (χ0) is 12.3. The summed E-state index contributed by atoms with van der Waals surface area (Å²) < 4.78 is 31.1. The third-order valence-electron chi connectivity index (χ3n) is 2.32. The number of carboxylic acids is 1. The Balaban J connectivity index is 3.34. The molecular weight excluding hydrogens is 218 g/mol. The van der Waals surface area contributed by atoms with Crippen molar-refractivity contribution < 1.29 is 23.4 Å². The normalized spacial score (nSPS) is 12.2. The maximum atomic E-state index is 13.3. The van der Waals surface area contributed by atoms with E-state index in [4.69, 9.17) is 9.84 Å². The van der Waals surface area contributed by atoms with Gasteiger partial charge in [-0.15, -0.1) is 0 Å². The van der Waals surface area contributed by atoms with Crippen LogP contribution in [0.25, 0.3) is 0 Å². The van der Waals surface area contributed by atoms with Crippen LogP contribution in [-0.4, -0.2) is 18.2 Å². The molecule has 0 fully saturated rings. The first kappa shape index (κ1) is 12.4. The van der Waals surface area contributed by atoms with E-state index in [0.29, 0.717) is 6.07 Å². The fraction of sp³-hybridized carbons (Fsp3) is 0.364. The van der Waals surface area contributed by atoms with E-state index in [-0.39, 0.29) is 17.7 Å². The SMILES string of the molecule is CCC(C(=O)O)c1cc(F)cc(F)c1OC. The number of hydrogen-bond acceptors (Lipinski definition) is 2. The molecule has 0 amide bonds. The molecule has 0 radical (unpaired) electrons. The highest BCUT2D eigenvalue weighted by atomic mass is 19.1. The Morgan fingerprint density at radius 2 is 2.12 bits per heavy atom. The summed E-state index contributed by atoms with van der Waals surface area (Å²) in [5.74, 6) is -4.02. The molecule has 0 spiro atoms. The van der Waals surface area contributed by atoms with Gasteiger partial charge in [0.25, 0.3) is 0 Å². The first-order chi connectivity index (χ1) is 7.51. The molecule has 1 N–H and O–H groups in total. The summed E-state index contributed by atoms with van der Waals surface area (Å²) in [5, 5.41) is 8.93. The summed E-state index contributed by atoms with van der Waals surface area (Å²) in [4.78, 5) is 10.9. The summed E-state index contributed by atoms with van der Waals surface area (Å²) in [6.07, 6.45) is 0.231. The fourth-order valence-electron chi connectivity index (χ4n) is 1.58. The molecule has 0 aliphatic carbocycles. The summed E-state index contributed by atoms with van der Waals surface area (Å²) in [7, 11) is 1.22. The molecule has 0 bridgehead atoms. The fourth-order valence-corrected chi connectivity index (χ4v) is 1.58. The molecule has 1 atom stereocenters. The van der Waals surface area contributed by atoms with Crippen LogP contribution in [0, 0.1) is 11.6 Å². The average Bonchev–Trinajstić information content (AvgIpc) is 2.17. The first-order valence-corrected chi connectivity index (χ1v) is 4.77. The highest BCUT2D eigenvalue weighted by Gasteiger charge is 2.24. The Kier molecular flexibility index (Phi) is 3.82. The van der Waals surface area contributed by atoms with E-state index >= 15 is 0 Å². The number of methoxy groups -OCH3 is 1. The minimum atomic E-state index is -1.13. The van der Waals surface area contributed by atoms with Crippen molar-refractivity contribution in [3.8, 4) is 5.75 Å². The molecular formula is C11H12F2O3. The monoisotopic (exact) mass is 230 g/mol. The van der Waals surface area contributed by atoms with Crippen LogP contribution in [0.2, 0.25) is 0 Å². The van der Waals surface area contributed by atoms with Gasteiger partial charge in [0, 0.05) is 11.6 Å². The minimum absolute atomic E-state index is 0.0231. The largest absolute Gasteiger partial charge is 0.493 e. The van der Waals surface area contributed by atoms with E-state index in [9.17, 15) is 13.6 Å². The smallest absolute Gasteiger partial charge is 0.311 e. The first-order valence-electron chi connectivity index (χ1n) is 4.77. The van der Waals surface area contributed by atoms with Crippen LogP contribution in [0.1, 0.15) is 24.8 Å². The van der Waals surface area contributed by atoms with E-state index in [0.717, 1.165) is 6.07 Å². The van der Waals surface area contributed by atoms with Crippen molar-refractivity contribution in [2.45, 2.75) is 19.3 Å². The number of aliphatic carboxylic acids is 1. The van der Waals surface area contributed by atoms with Gasteiger partial charge in [0.05, 0.1) is 13.0 Å². The van der Waals surface area contributed by atoms with Crippen molar-refractivity contribution >= 4 is 5.97 Å². The van der Waals surface area contributed by atoms with Gasteiger partial charge < -0.3 is 9.84 Å². The second kappa shape index (κ2) is 4.92. The van der Waals surface area contributed by atoms with Gasteiger partial charge in [-0.3, -0.25) is 4.79 Å². The predicted octanol–water partition coefficient (Wildman–Crippen LogP) is 2.55. The highest BCUT2D eigenvalue weighted by Crippen LogP contribution is 2.32. The lowest BCUT2D eigenvalue weighted by atomic mass is 9.95. The Morgan fingerprint density at radius 1 is 1.50 bits per heavy atom. The molecule has 1 aromatic carbocycles. The Labute approximate surface area is 91.7 Å². The summed E-state index contributed by atoms with van der Waals surface area (Å²) in [6.45, 7) is 1.63. The van der Waals surface area contributed by atoms with Crippen molar-refractivity contribution in [1.82, 2.24) is 0 Å². The van der Waals surface area contributed by atoms with Crippen LogP contribution >= 0.6 is 0 Å². The van der Waals surface area contributed by atoms with Crippen molar-refractivity contribution in [3.05, 3.63) is 29.3 Å². The number of ether oxygens (including phenoxy) is 1. The van der Waals surface area contributed by atoms with Gasteiger partial charge in [0.15, 0.2) is 11.6 Å². The number of carbonyl (C=O) groups is 1. The highest BCUT2D eigenvalue weighted by molar-refractivity contribution is 5.77. The number of rotatable bonds is 4. The quantitative estimate of drug-likeness (QED) is 0.864. The molecule has 0 heterocycles. The molecule has 1 rings (SSSR count). The van der Waals surface area contributed by atoms with Gasteiger partial charge >= 0.3 is 5.97 Å². The minimum Gasteiger partial charge on any atom is -0.493 e. The number of carboxylic acid groups (broad SMARTS) is 1. The van der Waals surface area contributed by atoms with Crippen molar-refractivity contribution in [2.75, 3.05) is 7.11 Å². The second-order valence-electron chi connectivity index (χ2n) is 3.31. The molecule has 16 heavy (non-hydrogen) atoms. The standard InChI is InChI=1S/C11H12F2O3/c1-3-7(11(14)15)8-4-6(12)5-9(13)10(8)16-2/h4-5,7H,3H2,1-2H3,(H,14,15). The van der Waals surface area contributed by atoms with Crippen molar-refractivity contribution in [1.29, 1.82) is 0 Å². The maximum absolute atomic E-state index is 13.3. The van der Waals surface area contributed by atoms with E-state index < -0.39 is 23.5 Å². The van der Waals surface area contributed by atoms with E-state index in [1.54, 1.807) is 6.92 Å². The molecule has 0 aliphatic rings. The van der Waals surface area contributed by atoms with Crippen molar-refractivity contribution in [3.63, 3.8) is 0 Å². The molecule has 0 aliphatic heterocycles. The summed E-state index contributed by atoms with van der Waals surface area (Å²) >= 11 is 0. The third-order valence-corrected chi connectivity index (χ3v) is 2.32. The van der Waals surface area contributed by atoms with Gasteiger partial charge in [0.2, 0.25) is 0 Å². The Morgan fingerprint density at radius 3 is 2.56 bits per heavy atom. The molecule has 0 saturated heterocycles. The summed E-state index contributed by atoms with van der Waals surface area (Å²) in [5.41, 5.74) is 0.0231. The predicted molar refractivity (Wildman–Crippen MR) is 53.6 cm³/mol. The van der Waals surface area contributed by atoms with Crippen LogP contribution in [0.3, 0.4) is 0 Å². The molecule has 88 valence electrons. The maximum Gasteiger partial charge on any atom is 0.311 e. The van der Waals surface area contributed by atoms with Crippen molar-refractivity contribution in [2.24, 2.45) is 0 Å². The van der Waals surface area contributed by atoms with E-state index in [1.807, 2.05) is 0 Å². The lowest BCUT2D eigenvalue weighted by Gasteiger charge is -2.15. The van der Waals surface area contributed by atoms with E-state index in [1.165, 1.54) is 7.11 Å². The number of hydrogen-bond donors (Lipinski definition) is 1. The second-order valence-corrected chi connectivity index (χ2v) is 3.31. The zero-order valence-corrected chi connectivity index (χ0v) is 8.96.